The first-order chi connectivity index (χ1) is 12.7. The van der Waals surface area contributed by atoms with Crippen molar-refractivity contribution >= 4 is 23.1 Å². The number of nitrogens with zero attached hydrogens (tertiary/aromatic N) is 5. The normalized spacial score (nSPS) is 18.4. The molecule has 6 nitrogen and oxygen atoms in total. The fraction of sp³-hybridized carbons (Fsp3) is 0.500. The molecule has 1 aromatic carbocycles. The number of rotatable bonds is 4. The molecule has 3 heterocycles. The zero-order valence-electron chi connectivity index (χ0n) is 15.8. The topological polar surface area (TPSA) is 47.5 Å². The number of piperazine rings is 1. The molecule has 0 saturated carbocycles. The van der Waals surface area contributed by atoms with Gasteiger partial charge in [0.2, 0.25) is 5.95 Å². The molecule has 0 spiro atoms. The van der Waals surface area contributed by atoms with Gasteiger partial charge in [-0.2, -0.15) is 4.98 Å². The van der Waals surface area contributed by atoms with Crippen LogP contribution in [0.15, 0.2) is 30.3 Å². The predicted molar refractivity (Wildman–Crippen MR) is 108 cm³/mol. The summed E-state index contributed by atoms with van der Waals surface area (Å²) in [6.45, 7) is 8.58. The highest BCUT2D eigenvalue weighted by atomic mass is 15.3. The summed E-state index contributed by atoms with van der Waals surface area (Å²) in [7, 11) is 2.18. The van der Waals surface area contributed by atoms with Crippen molar-refractivity contribution in [3.05, 3.63) is 36.0 Å². The van der Waals surface area contributed by atoms with Crippen LogP contribution in [0.1, 0.15) is 18.5 Å². The van der Waals surface area contributed by atoms with Crippen LogP contribution in [0.4, 0.5) is 23.1 Å². The maximum absolute atomic E-state index is 4.72. The molecule has 6 heteroatoms. The Hall–Kier alpha value is -2.34. The minimum absolute atomic E-state index is 0.846. The third kappa shape index (κ3) is 3.90. The van der Waals surface area contributed by atoms with Crippen LogP contribution in [0.5, 0.6) is 0 Å². The lowest BCUT2D eigenvalue weighted by Gasteiger charge is -2.34. The maximum atomic E-state index is 4.72. The van der Waals surface area contributed by atoms with Crippen molar-refractivity contribution in [3.8, 4) is 0 Å². The first-order valence-corrected chi connectivity index (χ1v) is 9.58. The van der Waals surface area contributed by atoms with Gasteiger partial charge in [-0.1, -0.05) is 0 Å². The van der Waals surface area contributed by atoms with Gasteiger partial charge in [-0.05, 0) is 51.1 Å². The van der Waals surface area contributed by atoms with Gasteiger partial charge >= 0.3 is 0 Å². The Morgan fingerprint density at radius 2 is 1.54 bits per heavy atom. The van der Waals surface area contributed by atoms with Crippen molar-refractivity contribution < 1.29 is 0 Å². The average molecular weight is 352 g/mol. The Morgan fingerprint density at radius 3 is 2.23 bits per heavy atom. The van der Waals surface area contributed by atoms with E-state index in [1.807, 2.05) is 13.0 Å². The van der Waals surface area contributed by atoms with Crippen molar-refractivity contribution in [2.75, 3.05) is 61.4 Å². The second-order valence-electron chi connectivity index (χ2n) is 7.35. The Labute approximate surface area is 155 Å². The van der Waals surface area contributed by atoms with E-state index in [0.717, 1.165) is 62.4 Å². The summed E-state index contributed by atoms with van der Waals surface area (Å²) in [6, 6.07) is 10.7. The van der Waals surface area contributed by atoms with E-state index in [9.17, 15) is 0 Å². The zero-order chi connectivity index (χ0) is 17.9. The molecule has 4 rings (SSSR count). The van der Waals surface area contributed by atoms with Gasteiger partial charge in [0.05, 0.1) is 0 Å². The smallest absolute Gasteiger partial charge is 0.227 e. The minimum Gasteiger partial charge on any atom is -0.369 e. The minimum atomic E-state index is 0.846. The largest absolute Gasteiger partial charge is 0.369 e. The van der Waals surface area contributed by atoms with E-state index in [0.29, 0.717) is 0 Å². The Bertz CT molecular complexity index is 730. The number of aromatic nitrogens is 2. The number of likely N-dealkylation sites (N-methyl/N-ethyl adjacent to an activating group) is 1. The molecule has 0 radical (unpaired) electrons. The summed E-state index contributed by atoms with van der Waals surface area (Å²) < 4.78 is 0. The van der Waals surface area contributed by atoms with E-state index in [-0.39, 0.29) is 0 Å². The number of benzene rings is 1. The van der Waals surface area contributed by atoms with Crippen LogP contribution in [-0.2, 0) is 0 Å². The van der Waals surface area contributed by atoms with Crippen molar-refractivity contribution in [2.45, 2.75) is 19.8 Å². The molecule has 0 amide bonds. The van der Waals surface area contributed by atoms with Gasteiger partial charge in [-0.25, -0.2) is 4.98 Å². The summed E-state index contributed by atoms with van der Waals surface area (Å²) in [5.74, 6) is 1.71. The van der Waals surface area contributed by atoms with E-state index in [4.69, 9.17) is 4.98 Å². The highest BCUT2D eigenvalue weighted by Gasteiger charge is 2.16. The second-order valence-corrected chi connectivity index (χ2v) is 7.35. The predicted octanol–water partition coefficient (Wildman–Crippen LogP) is 2.88. The quantitative estimate of drug-likeness (QED) is 0.913. The fourth-order valence-corrected chi connectivity index (χ4v) is 3.64. The van der Waals surface area contributed by atoms with Gasteiger partial charge in [0, 0.05) is 62.4 Å². The van der Waals surface area contributed by atoms with Crippen LogP contribution in [0.3, 0.4) is 0 Å². The molecule has 1 aromatic heterocycles. The lowest BCUT2D eigenvalue weighted by Crippen LogP contribution is -2.44. The summed E-state index contributed by atoms with van der Waals surface area (Å²) >= 11 is 0. The van der Waals surface area contributed by atoms with Crippen molar-refractivity contribution in [3.63, 3.8) is 0 Å². The summed E-state index contributed by atoms with van der Waals surface area (Å²) in [5, 5.41) is 3.44. The van der Waals surface area contributed by atoms with Gasteiger partial charge in [0.25, 0.3) is 0 Å². The molecule has 0 atom stereocenters. The van der Waals surface area contributed by atoms with Crippen LogP contribution in [0, 0.1) is 6.92 Å². The van der Waals surface area contributed by atoms with Crippen molar-refractivity contribution in [1.82, 2.24) is 14.9 Å². The van der Waals surface area contributed by atoms with Crippen LogP contribution >= 0.6 is 0 Å². The molecular formula is C20H28N6. The second kappa shape index (κ2) is 7.50. The van der Waals surface area contributed by atoms with E-state index in [1.54, 1.807) is 0 Å². The van der Waals surface area contributed by atoms with Crippen LogP contribution < -0.4 is 15.1 Å². The van der Waals surface area contributed by atoms with E-state index in [2.05, 4.69) is 56.3 Å². The third-order valence-corrected chi connectivity index (χ3v) is 5.24. The summed E-state index contributed by atoms with van der Waals surface area (Å²) in [5.41, 5.74) is 3.35. The molecule has 2 aromatic rings. The highest BCUT2D eigenvalue weighted by molar-refractivity contribution is 5.62. The SMILES string of the molecule is Cc1cc(Nc2ccc(N3CCN(C)CC3)cc2)nc(N2CCCC2)n1. The molecule has 26 heavy (non-hydrogen) atoms. The van der Waals surface area contributed by atoms with E-state index >= 15 is 0 Å². The Balaban J connectivity index is 1.45. The van der Waals surface area contributed by atoms with E-state index in [1.165, 1.54) is 18.5 Å². The standard InChI is InChI=1S/C20H28N6/c1-16-15-19(23-20(21-16)26-9-3-4-10-26)22-17-5-7-18(8-6-17)25-13-11-24(2)12-14-25/h5-8,15H,3-4,9-14H2,1-2H3,(H,21,22,23). The highest BCUT2D eigenvalue weighted by Crippen LogP contribution is 2.23. The van der Waals surface area contributed by atoms with Crippen LogP contribution in [-0.4, -0.2) is 61.2 Å². The number of anilines is 4. The van der Waals surface area contributed by atoms with Crippen LogP contribution in [0.2, 0.25) is 0 Å². The molecule has 2 aliphatic heterocycles. The molecule has 0 aliphatic carbocycles. The van der Waals surface area contributed by atoms with E-state index < -0.39 is 0 Å². The van der Waals surface area contributed by atoms with Gasteiger partial charge in [-0.15, -0.1) is 0 Å². The first kappa shape index (κ1) is 17.1. The molecule has 2 fully saturated rings. The average Bonchev–Trinajstić information content (AvgIpc) is 3.17. The molecule has 0 bridgehead atoms. The third-order valence-electron chi connectivity index (χ3n) is 5.24. The van der Waals surface area contributed by atoms with Crippen molar-refractivity contribution in [2.24, 2.45) is 0 Å². The van der Waals surface area contributed by atoms with Crippen LogP contribution in [0.25, 0.3) is 0 Å². The molecule has 1 N–H and O–H groups in total. The lowest BCUT2D eigenvalue weighted by molar-refractivity contribution is 0.313. The molecule has 138 valence electrons. The summed E-state index contributed by atoms with van der Waals surface area (Å²) in [4.78, 5) is 16.4. The van der Waals surface area contributed by atoms with Gasteiger partial charge in [0.1, 0.15) is 5.82 Å². The Morgan fingerprint density at radius 1 is 0.846 bits per heavy atom. The fourth-order valence-electron chi connectivity index (χ4n) is 3.64. The van der Waals surface area contributed by atoms with Gasteiger partial charge < -0.3 is 20.0 Å². The molecule has 2 saturated heterocycles. The number of hydrogen-bond acceptors (Lipinski definition) is 6. The van der Waals surface area contributed by atoms with Gasteiger partial charge in [-0.3, -0.25) is 0 Å². The number of nitrogens with one attached hydrogen (secondary N) is 1. The Kier molecular flexibility index (Phi) is 4.93. The molecular weight excluding hydrogens is 324 g/mol. The first-order valence-electron chi connectivity index (χ1n) is 9.58. The van der Waals surface area contributed by atoms with Crippen molar-refractivity contribution in [1.29, 1.82) is 0 Å². The monoisotopic (exact) mass is 352 g/mol. The zero-order valence-corrected chi connectivity index (χ0v) is 15.8. The molecule has 0 unspecified atom stereocenters. The number of hydrogen-bond donors (Lipinski definition) is 1. The summed E-state index contributed by atoms with van der Waals surface area (Å²) in [6.07, 6.45) is 2.46. The molecule has 2 aliphatic rings. The lowest BCUT2D eigenvalue weighted by atomic mass is 10.2. The number of aryl methyl sites for hydroxylation is 1. The maximum Gasteiger partial charge on any atom is 0.227 e. The van der Waals surface area contributed by atoms with Gasteiger partial charge in [0.15, 0.2) is 0 Å².